The zero-order chi connectivity index (χ0) is 18.4. The second kappa shape index (κ2) is 9.29. The van der Waals surface area contributed by atoms with Crippen molar-refractivity contribution in [2.75, 3.05) is 20.3 Å². The third-order valence-corrected chi connectivity index (χ3v) is 5.32. The van der Waals surface area contributed by atoms with Crippen LogP contribution in [-0.2, 0) is 4.79 Å². The van der Waals surface area contributed by atoms with E-state index in [0.717, 1.165) is 41.1 Å². The summed E-state index contributed by atoms with van der Waals surface area (Å²) in [5.74, 6) is 0.978. The molecule has 0 radical (unpaired) electrons. The van der Waals surface area contributed by atoms with Gasteiger partial charge in [0.25, 0.3) is 11.1 Å². The van der Waals surface area contributed by atoms with Gasteiger partial charge in [-0.3, -0.25) is 14.5 Å². The van der Waals surface area contributed by atoms with E-state index in [9.17, 15) is 9.59 Å². The lowest BCUT2D eigenvalue weighted by molar-refractivity contribution is -0.122. The summed E-state index contributed by atoms with van der Waals surface area (Å²) in [7, 11) is 1.57. The second-order valence-electron chi connectivity index (χ2n) is 5.50. The molecule has 0 atom stereocenters. The molecule has 1 fully saturated rings. The molecule has 0 unspecified atom stereocenters. The van der Waals surface area contributed by atoms with Crippen LogP contribution in [0.1, 0.15) is 38.7 Å². The minimum atomic E-state index is -0.231. The number of rotatable bonds is 8. The van der Waals surface area contributed by atoms with Crippen LogP contribution >= 0.6 is 27.7 Å². The first-order valence-corrected chi connectivity index (χ1v) is 9.88. The molecule has 0 saturated carbocycles. The number of imide groups is 1. The van der Waals surface area contributed by atoms with Gasteiger partial charge in [0.2, 0.25) is 0 Å². The third-order valence-electron chi connectivity index (χ3n) is 3.73. The van der Waals surface area contributed by atoms with E-state index >= 15 is 0 Å². The van der Waals surface area contributed by atoms with Gasteiger partial charge in [-0.15, -0.1) is 0 Å². The number of thioether (sulfide) groups is 1. The summed E-state index contributed by atoms with van der Waals surface area (Å²) in [5, 5.41) is -0.207. The quantitative estimate of drug-likeness (QED) is 0.427. The number of amides is 2. The first-order chi connectivity index (χ1) is 12.0. The fourth-order valence-electron chi connectivity index (χ4n) is 2.44. The molecular formula is C18H22BrNO4S. The van der Waals surface area contributed by atoms with Gasteiger partial charge in [-0.2, -0.15) is 0 Å². The number of benzene rings is 1. The second-order valence-corrected chi connectivity index (χ2v) is 7.35. The molecule has 2 rings (SSSR count). The number of nitrogens with zero attached hydrogens (tertiary/aromatic N) is 1. The van der Waals surface area contributed by atoms with Crippen LogP contribution in [0.2, 0.25) is 0 Å². The van der Waals surface area contributed by atoms with Crippen LogP contribution in [0.25, 0.3) is 6.08 Å². The van der Waals surface area contributed by atoms with Gasteiger partial charge in [0.15, 0.2) is 11.5 Å². The maximum absolute atomic E-state index is 12.5. The molecule has 0 aromatic heterocycles. The van der Waals surface area contributed by atoms with Crippen molar-refractivity contribution in [3.63, 3.8) is 0 Å². The Balaban J connectivity index is 2.25. The lowest BCUT2D eigenvalue weighted by atomic mass is 10.1. The predicted octanol–water partition coefficient (Wildman–Crippen LogP) is 5.08. The van der Waals surface area contributed by atoms with Crippen molar-refractivity contribution >= 4 is 44.9 Å². The van der Waals surface area contributed by atoms with Crippen molar-refractivity contribution in [1.82, 2.24) is 4.90 Å². The zero-order valence-electron chi connectivity index (χ0n) is 14.6. The van der Waals surface area contributed by atoms with Gasteiger partial charge in [-0.1, -0.05) is 35.7 Å². The molecule has 1 heterocycles. The summed E-state index contributed by atoms with van der Waals surface area (Å²) in [6, 6.07) is 3.60. The van der Waals surface area contributed by atoms with Gasteiger partial charge in [-0.05, 0) is 48.9 Å². The number of hydrogen-bond acceptors (Lipinski definition) is 5. The van der Waals surface area contributed by atoms with Crippen LogP contribution in [0.15, 0.2) is 21.5 Å². The van der Waals surface area contributed by atoms with Gasteiger partial charge in [0.1, 0.15) is 0 Å². The van der Waals surface area contributed by atoms with Gasteiger partial charge < -0.3 is 9.47 Å². The van der Waals surface area contributed by atoms with Crippen LogP contribution in [0, 0.1) is 0 Å². The van der Waals surface area contributed by atoms with E-state index in [1.54, 1.807) is 25.3 Å². The monoisotopic (exact) mass is 427 g/mol. The molecule has 0 aliphatic carbocycles. The minimum absolute atomic E-state index is 0.207. The molecule has 1 aliphatic rings. The minimum Gasteiger partial charge on any atom is -0.493 e. The van der Waals surface area contributed by atoms with Gasteiger partial charge >= 0.3 is 0 Å². The topological polar surface area (TPSA) is 55.8 Å². The van der Waals surface area contributed by atoms with Crippen LogP contribution in [0.5, 0.6) is 11.5 Å². The number of ether oxygens (including phenoxy) is 2. The fourth-order valence-corrected chi connectivity index (χ4v) is 3.74. The Morgan fingerprint density at radius 1 is 1.20 bits per heavy atom. The van der Waals surface area contributed by atoms with Crippen LogP contribution < -0.4 is 9.47 Å². The van der Waals surface area contributed by atoms with Crippen molar-refractivity contribution in [3.8, 4) is 11.5 Å². The average molecular weight is 428 g/mol. The number of carbonyl (C=O) groups is 2. The first kappa shape index (κ1) is 19.8. The number of hydrogen-bond donors (Lipinski definition) is 0. The van der Waals surface area contributed by atoms with Crippen LogP contribution in [0.3, 0.4) is 0 Å². The fraction of sp³-hybridized carbons (Fsp3) is 0.444. The number of halogens is 1. The van der Waals surface area contributed by atoms with Crippen molar-refractivity contribution < 1.29 is 19.1 Å². The molecule has 25 heavy (non-hydrogen) atoms. The highest BCUT2D eigenvalue weighted by Gasteiger charge is 2.34. The summed E-state index contributed by atoms with van der Waals surface area (Å²) >= 11 is 4.47. The summed E-state index contributed by atoms with van der Waals surface area (Å²) in [6.45, 7) is 4.99. The van der Waals surface area contributed by atoms with Gasteiger partial charge in [0, 0.05) is 11.0 Å². The summed E-state index contributed by atoms with van der Waals surface area (Å²) in [6.07, 6.45) is 4.60. The Labute approximate surface area is 160 Å². The van der Waals surface area contributed by atoms with Crippen LogP contribution in [0.4, 0.5) is 4.79 Å². The van der Waals surface area contributed by atoms with E-state index in [1.807, 2.05) is 6.92 Å². The SMILES string of the molecule is CCCCCN1C(=O)S/C(=C\c2cc(OC)c(OCC)cc2Br)C1=O. The highest BCUT2D eigenvalue weighted by molar-refractivity contribution is 9.10. The van der Waals surface area contributed by atoms with E-state index in [4.69, 9.17) is 9.47 Å². The molecule has 1 aromatic carbocycles. The highest BCUT2D eigenvalue weighted by Crippen LogP contribution is 2.38. The molecule has 5 nitrogen and oxygen atoms in total. The third kappa shape index (κ3) is 4.79. The maximum atomic E-state index is 12.5. The number of unbranched alkanes of at least 4 members (excludes halogenated alkanes) is 2. The largest absolute Gasteiger partial charge is 0.493 e. The Morgan fingerprint density at radius 3 is 2.60 bits per heavy atom. The Morgan fingerprint density at radius 2 is 1.96 bits per heavy atom. The molecule has 7 heteroatoms. The standard InChI is InChI=1S/C18H22BrNO4S/c1-4-6-7-8-20-17(21)16(25-18(20)22)10-12-9-14(23-3)15(24-5-2)11-13(12)19/h9-11H,4-8H2,1-3H3/b16-10-. The summed E-state index contributed by atoms with van der Waals surface area (Å²) < 4.78 is 11.7. The van der Waals surface area contributed by atoms with Gasteiger partial charge in [0.05, 0.1) is 18.6 Å². The molecule has 1 aliphatic heterocycles. The normalized spacial score (nSPS) is 16.0. The van der Waals surface area contributed by atoms with E-state index in [1.165, 1.54) is 4.90 Å². The molecule has 0 bridgehead atoms. The lowest BCUT2D eigenvalue weighted by Crippen LogP contribution is -2.29. The molecule has 1 aromatic rings. The van der Waals surface area contributed by atoms with E-state index < -0.39 is 0 Å². The first-order valence-electron chi connectivity index (χ1n) is 8.27. The zero-order valence-corrected chi connectivity index (χ0v) is 17.0. The van der Waals surface area contributed by atoms with E-state index in [0.29, 0.717) is 29.6 Å². The van der Waals surface area contributed by atoms with Crippen molar-refractivity contribution in [2.24, 2.45) is 0 Å². The highest BCUT2D eigenvalue weighted by atomic mass is 79.9. The Bertz CT molecular complexity index is 690. The molecule has 2 amide bonds. The van der Waals surface area contributed by atoms with E-state index in [2.05, 4.69) is 22.9 Å². The number of methoxy groups -OCH3 is 1. The predicted molar refractivity (Wildman–Crippen MR) is 104 cm³/mol. The van der Waals surface area contributed by atoms with Crippen molar-refractivity contribution in [2.45, 2.75) is 33.1 Å². The Kier molecular flexibility index (Phi) is 7.38. The van der Waals surface area contributed by atoms with Crippen molar-refractivity contribution in [1.29, 1.82) is 0 Å². The molecular weight excluding hydrogens is 406 g/mol. The van der Waals surface area contributed by atoms with E-state index in [-0.39, 0.29) is 11.1 Å². The Hall–Kier alpha value is -1.47. The molecule has 0 spiro atoms. The average Bonchev–Trinajstić information content (AvgIpc) is 2.85. The van der Waals surface area contributed by atoms with Crippen molar-refractivity contribution in [3.05, 3.63) is 27.1 Å². The summed E-state index contributed by atoms with van der Waals surface area (Å²) in [5.41, 5.74) is 0.763. The molecule has 1 saturated heterocycles. The smallest absolute Gasteiger partial charge is 0.293 e. The van der Waals surface area contributed by atoms with Gasteiger partial charge in [-0.25, -0.2) is 0 Å². The maximum Gasteiger partial charge on any atom is 0.293 e. The van der Waals surface area contributed by atoms with Crippen LogP contribution in [-0.4, -0.2) is 36.3 Å². The number of carbonyl (C=O) groups excluding carboxylic acids is 2. The molecule has 136 valence electrons. The lowest BCUT2D eigenvalue weighted by Gasteiger charge is -2.12. The molecule has 0 N–H and O–H groups in total. The summed E-state index contributed by atoms with van der Waals surface area (Å²) in [4.78, 5) is 26.3.